The smallest absolute Gasteiger partial charge is 0.133 e. The largest absolute Gasteiger partial charge is 0.399 e. The number of aryl methyl sites for hydroxylation is 3. The van der Waals surface area contributed by atoms with Gasteiger partial charge in [-0.1, -0.05) is 32.9 Å². The van der Waals surface area contributed by atoms with Gasteiger partial charge in [0, 0.05) is 11.3 Å². The van der Waals surface area contributed by atoms with E-state index in [0.29, 0.717) is 11.3 Å². The summed E-state index contributed by atoms with van der Waals surface area (Å²) in [6.07, 6.45) is 2.81. The second-order valence-corrected chi connectivity index (χ2v) is 5.09. The summed E-state index contributed by atoms with van der Waals surface area (Å²) in [6.45, 7) is 6.39. The second-order valence-electron chi connectivity index (χ2n) is 5.09. The van der Waals surface area contributed by atoms with Crippen molar-refractivity contribution in [2.24, 2.45) is 0 Å². The van der Waals surface area contributed by atoms with Crippen molar-refractivity contribution in [3.8, 4) is 11.1 Å². The first kappa shape index (κ1) is 14.6. The molecule has 2 N–H and O–H groups in total. The molecule has 0 aromatic heterocycles. The number of nitrogen functional groups attached to an aromatic ring is 1. The van der Waals surface area contributed by atoms with Crippen molar-refractivity contribution in [1.82, 2.24) is 0 Å². The van der Waals surface area contributed by atoms with Gasteiger partial charge in [-0.3, -0.25) is 0 Å². The zero-order valence-corrected chi connectivity index (χ0v) is 12.5. The molecule has 0 unspecified atom stereocenters. The van der Waals surface area contributed by atoms with Crippen LogP contribution in [-0.2, 0) is 19.3 Å². The van der Waals surface area contributed by atoms with Crippen LogP contribution in [0.2, 0.25) is 0 Å². The first-order valence-electron chi connectivity index (χ1n) is 7.30. The maximum atomic E-state index is 14.3. The van der Waals surface area contributed by atoms with E-state index >= 15 is 0 Å². The van der Waals surface area contributed by atoms with Crippen molar-refractivity contribution >= 4 is 5.69 Å². The molecule has 20 heavy (non-hydrogen) atoms. The van der Waals surface area contributed by atoms with Gasteiger partial charge in [-0.2, -0.15) is 0 Å². The molecule has 2 rings (SSSR count). The maximum Gasteiger partial charge on any atom is 0.133 e. The highest BCUT2D eigenvalue weighted by molar-refractivity contribution is 5.73. The van der Waals surface area contributed by atoms with Gasteiger partial charge in [-0.15, -0.1) is 0 Å². The minimum atomic E-state index is -0.237. The molecule has 0 spiro atoms. The predicted octanol–water partition coefficient (Wildman–Crippen LogP) is 4.76. The number of hydrogen-bond donors (Lipinski definition) is 1. The van der Waals surface area contributed by atoms with Crippen molar-refractivity contribution in [2.75, 3.05) is 5.73 Å². The van der Waals surface area contributed by atoms with E-state index in [0.717, 1.165) is 24.8 Å². The first-order chi connectivity index (χ1) is 9.60. The van der Waals surface area contributed by atoms with E-state index in [1.807, 2.05) is 0 Å². The van der Waals surface area contributed by atoms with Gasteiger partial charge in [-0.25, -0.2) is 4.39 Å². The van der Waals surface area contributed by atoms with Crippen molar-refractivity contribution in [1.29, 1.82) is 0 Å². The Morgan fingerprint density at radius 3 is 1.95 bits per heavy atom. The second kappa shape index (κ2) is 6.08. The first-order valence-corrected chi connectivity index (χ1v) is 7.30. The van der Waals surface area contributed by atoms with E-state index in [9.17, 15) is 4.39 Å². The molecule has 0 aliphatic heterocycles. The zero-order valence-electron chi connectivity index (χ0n) is 12.5. The highest BCUT2D eigenvalue weighted by Gasteiger charge is 2.14. The third-order valence-electron chi connectivity index (χ3n) is 3.79. The lowest BCUT2D eigenvalue weighted by atomic mass is 9.89. The van der Waals surface area contributed by atoms with E-state index in [-0.39, 0.29) is 5.82 Å². The predicted molar refractivity (Wildman–Crippen MR) is 84.4 cm³/mol. The topological polar surface area (TPSA) is 26.0 Å². The molecule has 0 aliphatic rings. The van der Waals surface area contributed by atoms with Crippen LogP contribution in [0.1, 0.15) is 37.5 Å². The van der Waals surface area contributed by atoms with Gasteiger partial charge in [0.15, 0.2) is 0 Å². The highest BCUT2D eigenvalue weighted by Crippen LogP contribution is 2.33. The van der Waals surface area contributed by atoms with Crippen LogP contribution >= 0.6 is 0 Å². The van der Waals surface area contributed by atoms with Crippen LogP contribution in [-0.4, -0.2) is 0 Å². The third kappa shape index (κ3) is 2.69. The molecule has 106 valence electrons. The van der Waals surface area contributed by atoms with Crippen LogP contribution in [0, 0.1) is 5.82 Å². The average Bonchev–Trinajstić information content (AvgIpc) is 2.46. The van der Waals surface area contributed by atoms with Gasteiger partial charge in [0.1, 0.15) is 5.82 Å². The van der Waals surface area contributed by atoms with E-state index in [4.69, 9.17) is 5.73 Å². The maximum absolute atomic E-state index is 14.3. The standard InChI is InChI=1S/C18H22FN/c1-4-12-9-13(5-2)18(14(6-3)10-12)16-8-7-15(20)11-17(16)19/h7-11H,4-6,20H2,1-3H3. The molecular weight excluding hydrogens is 249 g/mol. The van der Waals surface area contributed by atoms with E-state index in [1.165, 1.54) is 22.8 Å². The van der Waals surface area contributed by atoms with Gasteiger partial charge in [0.05, 0.1) is 0 Å². The molecule has 0 amide bonds. The summed E-state index contributed by atoms with van der Waals surface area (Å²) >= 11 is 0. The lowest BCUT2D eigenvalue weighted by molar-refractivity contribution is 0.631. The fourth-order valence-electron chi connectivity index (χ4n) is 2.68. The van der Waals surface area contributed by atoms with Crippen LogP contribution in [0.15, 0.2) is 30.3 Å². The number of benzene rings is 2. The Hall–Kier alpha value is -1.83. The minimum Gasteiger partial charge on any atom is -0.399 e. The molecule has 0 bridgehead atoms. The Bertz CT molecular complexity index is 592. The van der Waals surface area contributed by atoms with Gasteiger partial charge < -0.3 is 5.73 Å². The monoisotopic (exact) mass is 271 g/mol. The van der Waals surface area contributed by atoms with Gasteiger partial charge in [-0.05, 0) is 59.7 Å². The Morgan fingerprint density at radius 2 is 1.50 bits per heavy atom. The van der Waals surface area contributed by atoms with Crippen molar-refractivity contribution in [3.05, 3.63) is 52.8 Å². The van der Waals surface area contributed by atoms with Crippen molar-refractivity contribution < 1.29 is 4.39 Å². The molecule has 0 aliphatic carbocycles. The highest BCUT2D eigenvalue weighted by atomic mass is 19.1. The summed E-state index contributed by atoms with van der Waals surface area (Å²) < 4.78 is 14.3. The van der Waals surface area contributed by atoms with E-state index < -0.39 is 0 Å². The summed E-state index contributed by atoms with van der Waals surface area (Å²) in [5, 5.41) is 0. The number of hydrogen-bond acceptors (Lipinski definition) is 1. The number of anilines is 1. The van der Waals surface area contributed by atoms with Gasteiger partial charge in [0.25, 0.3) is 0 Å². The quantitative estimate of drug-likeness (QED) is 0.797. The van der Waals surface area contributed by atoms with E-state index in [1.54, 1.807) is 12.1 Å². The number of nitrogens with two attached hydrogens (primary N) is 1. The summed E-state index contributed by atoms with van der Waals surface area (Å²) in [6, 6.07) is 9.37. The summed E-state index contributed by atoms with van der Waals surface area (Å²) in [5.74, 6) is -0.237. The van der Waals surface area contributed by atoms with Crippen LogP contribution in [0.25, 0.3) is 11.1 Å². The van der Waals surface area contributed by atoms with Gasteiger partial charge >= 0.3 is 0 Å². The minimum absolute atomic E-state index is 0.237. The molecule has 0 radical (unpaired) electrons. The normalized spacial score (nSPS) is 10.8. The molecule has 2 aromatic rings. The molecule has 2 heteroatoms. The van der Waals surface area contributed by atoms with Gasteiger partial charge in [0.2, 0.25) is 0 Å². The SMILES string of the molecule is CCc1cc(CC)c(-c2ccc(N)cc2F)c(CC)c1. The molecule has 0 saturated heterocycles. The van der Waals surface area contributed by atoms with Crippen LogP contribution in [0.5, 0.6) is 0 Å². The van der Waals surface area contributed by atoms with Crippen LogP contribution < -0.4 is 5.73 Å². The molecule has 0 fully saturated rings. The number of halogens is 1. The third-order valence-corrected chi connectivity index (χ3v) is 3.79. The Balaban J connectivity index is 2.71. The van der Waals surface area contributed by atoms with Crippen LogP contribution in [0.4, 0.5) is 10.1 Å². The molecule has 0 atom stereocenters. The lowest BCUT2D eigenvalue weighted by Gasteiger charge is -2.16. The summed E-state index contributed by atoms with van der Waals surface area (Å²) in [7, 11) is 0. The summed E-state index contributed by atoms with van der Waals surface area (Å²) in [4.78, 5) is 0. The zero-order chi connectivity index (χ0) is 14.7. The number of rotatable bonds is 4. The Morgan fingerprint density at radius 1 is 0.900 bits per heavy atom. The fourth-order valence-corrected chi connectivity index (χ4v) is 2.68. The van der Waals surface area contributed by atoms with Crippen molar-refractivity contribution in [3.63, 3.8) is 0 Å². The molecule has 0 saturated carbocycles. The Kier molecular flexibility index (Phi) is 4.43. The lowest BCUT2D eigenvalue weighted by Crippen LogP contribution is -2.00. The summed E-state index contributed by atoms with van der Waals surface area (Å²) in [5.41, 5.74) is 11.6. The molecule has 2 aromatic carbocycles. The average molecular weight is 271 g/mol. The van der Waals surface area contributed by atoms with Crippen LogP contribution in [0.3, 0.4) is 0 Å². The molecule has 1 nitrogen and oxygen atoms in total. The fraction of sp³-hybridized carbons (Fsp3) is 0.333. The molecular formula is C18H22FN. The molecule has 0 heterocycles. The van der Waals surface area contributed by atoms with Crippen molar-refractivity contribution in [2.45, 2.75) is 40.0 Å². The van der Waals surface area contributed by atoms with E-state index in [2.05, 4.69) is 32.9 Å². The Labute approximate surface area is 120 Å².